The Balaban J connectivity index is 2.45. The van der Waals surface area contributed by atoms with Crippen molar-refractivity contribution in [3.8, 4) is 5.75 Å². The van der Waals surface area contributed by atoms with Gasteiger partial charge in [-0.05, 0) is 25.5 Å². The molecule has 0 aliphatic heterocycles. The number of ketones is 3. The normalized spacial score (nSPS) is 12.6. The Bertz CT molecular complexity index is 919. The third-order valence-electron chi connectivity index (χ3n) is 4.00. The van der Waals surface area contributed by atoms with E-state index in [1.165, 1.54) is 13.0 Å². The number of fused-ring (bicyclic) bond motifs is 2. The molecule has 0 radical (unpaired) electrons. The zero-order chi connectivity index (χ0) is 16.9. The quantitative estimate of drug-likeness (QED) is 0.737. The minimum absolute atomic E-state index is 0.0244. The number of benzene rings is 2. The highest BCUT2D eigenvalue weighted by Gasteiger charge is 2.35. The summed E-state index contributed by atoms with van der Waals surface area (Å²) in [5.41, 5.74) is 1.35. The molecule has 0 unspecified atom stereocenters. The summed E-state index contributed by atoms with van der Waals surface area (Å²) in [5, 5.41) is 10.4. The summed E-state index contributed by atoms with van der Waals surface area (Å²) in [7, 11) is 0. The van der Waals surface area contributed by atoms with Gasteiger partial charge in [0.05, 0.1) is 5.56 Å². The Hall–Kier alpha value is -3.01. The first-order valence-corrected chi connectivity index (χ1v) is 7.09. The maximum atomic E-state index is 12.8. The molecule has 1 N–H and O–H groups in total. The van der Waals surface area contributed by atoms with Crippen molar-refractivity contribution < 1.29 is 19.5 Å². The summed E-state index contributed by atoms with van der Waals surface area (Å²) in [5.74, 6) is -1.53. The summed E-state index contributed by atoms with van der Waals surface area (Å²) >= 11 is 0. The molecule has 2 aromatic carbocycles. The molecule has 3 rings (SSSR count). The van der Waals surface area contributed by atoms with E-state index in [2.05, 4.69) is 6.58 Å². The van der Waals surface area contributed by atoms with Crippen molar-refractivity contribution in [3.05, 3.63) is 70.3 Å². The molecule has 0 saturated heterocycles. The van der Waals surface area contributed by atoms with E-state index in [1.807, 2.05) is 0 Å². The summed E-state index contributed by atoms with van der Waals surface area (Å²) < 4.78 is 0. The molecule has 0 bridgehead atoms. The van der Waals surface area contributed by atoms with Crippen LogP contribution in [0.25, 0.3) is 5.57 Å². The van der Waals surface area contributed by atoms with Crippen LogP contribution in [0.4, 0.5) is 0 Å². The third-order valence-corrected chi connectivity index (χ3v) is 4.00. The number of rotatable bonds is 2. The predicted molar refractivity (Wildman–Crippen MR) is 86.1 cm³/mol. The molecule has 0 spiro atoms. The van der Waals surface area contributed by atoms with E-state index in [1.54, 1.807) is 31.2 Å². The van der Waals surface area contributed by atoms with Gasteiger partial charge in [0.25, 0.3) is 0 Å². The van der Waals surface area contributed by atoms with Gasteiger partial charge in [-0.25, -0.2) is 0 Å². The van der Waals surface area contributed by atoms with Crippen molar-refractivity contribution >= 4 is 22.9 Å². The molecule has 114 valence electrons. The fraction of sp³-hybridized carbons (Fsp3) is 0.105. The molecule has 4 heteroatoms. The minimum atomic E-state index is -0.470. The Labute approximate surface area is 133 Å². The van der Waals surface area contributed by atoms with Gasteiger partial charge in [-0.3, -0.25) is 14.4 Å². The SMILES string of the molecule is C=C(C)c1cc2c(c(C(C)=O)c1O)C(=O)c1ccccc1C2=O. The van der Waals surface area contributed by atoms with Gasteiger partial charge in [-0.1, -0.05) is 30.8 Å². The third kappa shape index (κ3) is 2.03. The standard InChI is InChI=1S/C19H14O4/c1-9(2)13-8-14-16(15(10(3)20)19(13)23)18(22)12-7-5-4-6-11(12)17(14)21/h4-8,23H,1H2,2-3H3. The summed E-state index contributed by atoms with van der Waals surface area (Å²) in [6.07, 6.45) is 0. The topological polar surface area (TPSA) is 71.4 Å². The van der Waals surface area contributed by atoms with E-state index in [-0.39, 0.29) is 33.8 Å². The Kier molecular flexibility index (Phi) is 3.25. The van der Waals surface area contributed by atoms with Crippen LogP contribution in [0.2, 0.25) is 0 Å². The van der Waals surface area contributed by atoms with E-state index in [0.29, 0.717) is 16.7 Å². The summed E-state index contributed by atoms with van der Waals surface area (Å²) in [6.45, 7) is 6.68. The average Bonchev–Trinajstić information content (AvgIpc) is 2.51. The molecule has 23 heavy (non-hydrogen) atoms. The molecule has 0 aromatic heterocycles. The van der Waals surface area contributed by atoms with Crippen LogP contribution in [0.1, 0.15) is 61.6 Å². The number of carbonyl (C=O) groups is 3. The Morgan fingerprint density at radius 3 is 2.09 bits per heavy atom. The predicted octanol–water partition coefficient (Wildman–Crippen LogP) is 3.40. The highest BCUT2D eigenvalue weighted by molar-refractivity contribution is 6.31. The first-order valence-electron chi connectivity index (χ1n) is 7.09. The van der Waals surface area contributed by atoms with Gasteiger partial charge in [-0.15, -0.1) is 0 Å². The van der Waals surface area contributed by atoms with Crippen LogP contribution in [0.5, 0.6) is 5.75 Å². The highest BCUT2D eigenvalue weighted by Crippen LogP contribution is 2.38. The van der Waals surface area contributed by atoms with Gasteiger partial charge in [0.15, 0.2) is 17.3 Å². The van der Waals surface area contributed by atoms with Gasteiger partial charge < -0.3 is 5.11 Å². The maximum absolute atomic E-state index is 12.8. The van der Waals surface area contributed by atoms with E-state index in [0.717, 1.165) is 0 Å². The van der Waals surface area contributed by atoms with Gasteiger partial charge in [0.1, 0.15) is 5.75 Å². The Morgan fingerprint density at radius 1 is 1.00 bits per heavy atom. The number of phenolic OH excluding ortho intramolecular Hbond substituents is 1. The fourth-order valence-electron chi connectivity index (χ4n) is 2.91. The van der Waals surface area contributed by atoms with E-state index >= 15 is 0 Å². The zero-order valence-electron chi connectivity index (χ0n) is 12.8. The molecule has 0 atom stereocenters. The van der Waals surface area contributed by atoms with Crippen LogP contribution >= 0.6 is 0 Å². The first kappa shape index (κ1) is 14.9. The maximum Gasteiger partial charge on any atom is 0.195 e. The molecule has 0 heterocycles. The summed E-state index contributed by atoms with van der Waals surface area (Å²) in [4.78, 5) is 37.5. The first-order chi connectivity index (χ1) is 10.8. The number of hydrogen-bond donors (Lipinski definition) is 1. The fourth-order valence-corrected chi connectivity index (χ4v) is 2.91. The monoisotopic (exact) mass is 306 g/mol. The van der Waals surface area contributed by atoms with Crippen molar-refractivity contribution in [2.24, 2.45) is 0 Å². The lowest BCUT2D eigenvalue weighted by molar-refractivity contribution is 0.0966. The lowest BCUT2D eigenvalue weighted by atomic mass is 9.79. The zero-order valence-corrected chi connectivity index (χ0v) is 12.8. The van der Waals surface area contributed by atoms with Gasteiger partial charge in [0.2, 0.25) is 0 Å². The van der Waals surface area contributed by atoms with Crippen molar-refractivity contribution in [2.45, 2.75) is 13.8 Å². The molecule has 0 amide bonds. The van der Waals surface area contributed by atoms with Crippen LogP contribution < -0.4 is 0 Å². The van der Waals surface area contributed by atoms with Crippen molar-refractivity contribution in [1.82, 2.24) is 0 Å². The second-order valence-corrected chi connectivity index (χ2v) is 5.61. The smallest absolute Gasteiger partial charge is 0.195 e. The Morgan fingerprint density at radius 2 is 1.57 bits per heavy atom. The number of Topliss-reactive ketones (excluding diaryl/α,β-unsaturated/α-hetero) is 1. The molecule has 0 fully saturated rings. The second-order valence-electron chi connectivity index (χ2n) is 5.61. The van der Waals surface area contributed by atoms with Gasteiger partial charge >= 0.3 is 0 Å². The average molecular weight is 306 g/mol. The van der Waals surface area contributed by atoms with Crippen molar-refractivity contribution in [1.29, 1.82) is 0 Å². The lowest BCUT2D eigenvalue weighted by Gasteiger charge is -2.22. The number of phenols is 1. The molecule has 0 saturated carbocycles. The molecule has 1 aliphatic carbocycles. The van der Waals surface area contributed by atoms with Crippen LogP contribution in [-0.4, -0.2) is 22.5 Å². The van der Waals surface area contributed by atoms with Crippen molar-refractivity contribution in [2.75, 3.05) is 0 Å². The number of aromatic hydroxyl groups is 1. The van der Waals surface area contributed by atoms with Crippen LogP contribution in [-0.2, 0) is 0 Å². The summed E-state index contributed by atoms with van der Waals surface area (Å²) in [6, 6.07) is 7.91. The minimum Gasteiger partial charge on any atom is -0.507 e. The highest BCUT2D eigenvalue weighted by atomic mass is 16.3. The van der Waals surface area contributed by atoms with Gasteiger partial charge in [0, 0.05) is 27.8 Å². The van der Waals surface area contributed by atoms with Crippen LogP contribution in [0, 0.1) is 0 Å². The number of allylic oxidation sites excluding steroid dienone is 1. The van der Waals surface area contributed by atoms with E-state index in [9.17, 15) is 19.5 Å². The van der Waals surface area contributed by atoms with E-state index in [4.69, 9.17) is 0 Å². The molecule has 1 aliphatic rings. The van der Waals surface area contributed by atoms with Crippen molar-refractivity contribution in [3.63, 3.8) is 0 Å². The second kappa shape index (κ2) is 5.02. The lowest BCUT2D eigenvalue weighted by Crippen LogP contribution is -2.24. The molecular weight excluding hydrogens is 292 g/mol. The van der Waals surface area contributed by atoms with Gasteiger partial charge in [-0.2, -0.15) is 0 Å². The van der Waals surface area contributed by atoms with Crippen LogP contribution in [0.3, 0.4) is 0 Å². The molecule has 2 aromatic rings. The molecule has 4 nitrogen and oxygen atoms in total. The molecular formula is C19H14O4. The largest absolute Gasteiger partial charge is 0.507 e. The number of hydrogen-bond acceptors (Lipinski definition) is 4. The number of carbonyl (C=O) groups excluding carboxylic acids is 3. The van der Waals surface area contributed by atoms with Crippen LogP contribution in [0.15, 0.2) is 36.9 Å². The van der Waals surface area contributed by atoms with E-state index < -0.39 is 11.6 Å².